The lowest BCUT2D eigenvalue weighted by Crippen LogP contribution is -2.23. The zero-order valence-corrected chi connectivity index (χ0v) is 12.7. The summed E-state index contributed by atoms with van der Waals surface area (Å²) in [5.74, 6) is 0.952. The van der Waals surface area contributed by atoms with Gasteiger partial charge in [0.05, 0.1) is 12.5 Å². The molecule has 0 radical (unpaired) electrons. The van der Waals surface area contributed by atoms with E-state index in [0.717, 1.165) is 25.9 Å². The quantitative estimate of drug-likeness (QED) is 0.910. The van der Waals surface area contributed by atoms with Crippen LogP contribution in [0.3, 0.4) is 0 Å². The third-order valence-corrected chi connectivity index (χ3v) is 3.96. The van der Waals surface area contributed by atoms with Crippen LogP contribution in [0.4, 0.5) is 0 Å². The van der Waals surface area contributed by atoms with Crippen molar-refractivity contribution in [2.45, 2.75) is 31.8 Å². The molecule has 6 heteroatoms. The van der Waals surface area contributed by atoms with E-state index in [0.29, 0.717) is 11.7 Å². The molecule has 1 saturated heterocycles. The lowest BCUT2D eigenvalue weighted by atomic mass is 10.2. The SMILES string of the molecule is CNC(=O)Cc1noc(C2CCCN2Cc2ccccc2)n1. The van der Waals surface area contributed by atoms with Crippen LogP contribution in [0.1, 0.15) is 36.2 Å². The van der Waals surface area contributed by atoms with Crippen molar-refractivity contribution < 1.29 is 9.32 Å². The van der Waals surface area contributed by atoms with E-state index >= 15 is 0 Å². The highest BCUT2D eigenvalue weighted by Crippen LogP contribution is 2.32. The van der Waals surface area contributed by atoms with Gasteiger partial charge in [-0.25, -0.2) is 0 Å². The zero-order chi connectivity index (χ0) is 15.4. The molecule has 2 aromatic rings. The molecule has 6 nitrogen and oxygen atoms in total. The number of rotatable bonds is 5. The summed E-state index contributed by atoms with van der Waals surface area (Å²) in [7, 11) is 1.60. The largest absolute Gasteiger partial charge is 0.359 e. The fourth-order valence-electron chi connectivity index (χ4n) is 2.82. The van der Waals surface area contributed by atoms with E-state index in [1.54, 1.807) is 7.05 Å². The number of likely N-dealkylation sites (N-methyl/N-ethyl adjacent to an activating group) is 1. The van der Waals surface area contributed by atoms with Gasteiger partial charge in [0.1, 0.15) is 0 Å². The summed E-state index contributed by atoms with van der Waals surface area (Å²) >= 11 is 0. The van der Waals surface area contributed by atoms with Crippen molar-refractivity contribution in [3.05, 3.63) is 47.6 Å². The Morgan fingerprint density at radius 1 is 1.41 bits per heavy atom. The van der Waals surface area contributed by atoms with E-state index in [2.05, 4.69) is 44.6 Å². The first-order chi connectivity index (χ1) is 10.8. The third kappa shape index (κ3) is 3.33. The second-order valence-electron chi connectivity index (χ2n) is 5.51. The molecule has 1 N–H and O–H groups in total. The van der Waals surface area contributed by atoms with Gasteiger partial charge in [0.15, 0.2) is 5.82 Å². The molecule has 116 valence electrons. The number of carbonyl (C=O) groups is 1. The molecule has 1 amide bonds. The van der Waals surface area contributed by atoms with Crippen molar-refractivity contribution in [2.75, 3.05) is 13.6 Å². The number of carbonyl (C=O) groups excluding carboxylic acids is 1. The molecule has 0 aliphatic carbocycles. The fourth-order valence-corrected chi connectivity index (χ4v) is 2.82. The number of aromatic nitrogens is 2. The standard InChI is InChI=1S/C16H20N4O2/c1-17-15(21)10-14-18-16(22-19-14)13-8-5-9-20(13)11-12-6-3-2-4-7-12/h2-4,6-7,13H,5,8-11H2,1H3,(H,17,21). The molecular weight excluding hydrogens is 280 g/mol. The first kappa shape index (κ1) is 14.7. The van der Waals surface area contributed by atoms with Crippen LogP contribution < -0.4 is 5.32 Å². The number of likely N-dealkylation sites (tertiary alicyclic amines) is 1. The molecule has 0 spiro atoms. The Labute approximate surface area is 129 Å². The minimum absolute atomic E-state index is 0.111. The van der Waals surface area contributed by atoms with Gasteiger partial charge in [-0.3, -0.25) is 9.69 Å². The monoisotopic (exact) mass is 300 g/mol. The van der Waals surface area contributed by atoms with Crippen molar-refractivity contribution in [3.8, 4) is 0 Å². The predicted octanol–water partition coefficient (Wildman–Crippen LogP) is 1.70. The highest BCUT2D eigenvalue weighted by Gasteiger charge is 2.30. The Morgan fingerprint density at radius 3 is 3.00 bits per heavy atom. The number of hydrogen-bond acceptors (Lipinski definition) is 5. The topological polar surface area (TPSA) is 71.3 Å². The van der Waals surface area contributed by atoms with Gasteiger partial charge in [0.25, 0.3) is 0 Å². The molecule has 0 saturated carbocycles. The fraction of sp³-hybridized carbons (Fsp3) is 0.438. The van der Waals surface area contributed by atoms with E-state index in [-0.39, 0.29) is 18.4 Å². The van der Waals surface area contributed by atoms with Crippen molar-refractivity contribution >= 4 is 5.91 Å². The zero-order valence-electron chi connectivity index (χ0n) is 12.7. The maximum atomic E-state index is 11.4. The summed E-state index contributed by atoms with van der Waals surface area (Å²) in [5.41, 5.74) is 1.28. The highest BCUT2D eigenvalue weighted by molar-refractivity contribution is 5.77. The smallest absolute Gasteiger partial charge is 0.244 e. The van der Waals surface area contributed by atoms with Gasteiger partial charge in [0.2, 0.25) is 11.8 Å². The van der Waals surface area contributed by atoms with Crippen LogP contribution in [0.15, 0.2) is 34.9 Å². The summed E-state index contributed by atoms with van der Waals surface area (Å²) in [6, 6.07) is 10.5. The van der Waals surface area contributed by atoms with Crippen LogP contribution in [-0.4, -0.2) is 34.5 Å². The Hall–Kier alpha value is -2.21. The van der Waals surface area contributed by atoms with Crippen LogP contribution in [0.5, 0.6) is 0 Å². The summed E-state index contributed by atoms with van der Waals surface area (Å²) in [5, 5.41) is 6.48. The summed E-state index contributed by atoms with van der Waals surface area (Å²) in [6.07, 6.45) is 2.28. The van der Waals surface area contributed by atoms with Gasteiger partial charge in [-0.1, -0.05) is 35.5 Å². The molecular formula is C16H20N4O2. The second-order valence-corrected chi connectivity index (χ2v) is 5.51. The molecule has 3 rings (SSSR count). The molecule has 2 heterocycles. The molecule has 1 aromatic carbocycles. The van der Waals surface area contributed by atoms with Crippen LogP contribution in [0, 0.1) is 0 Å². The molecule has 1 aromatic heterocycles. The van der Waals surface area contributed by atoms with Crippen LogP contribution in [0.25, 0.3) is 0 Å². The number of amides is 1. The Bertz CT molecular complexity index is 626. The van der Waals surface area contributed by atoms with Crippen molar-refractivity contribution in [1.82, 2.24) is 20.4 Å². The van der Waals surface area contributed by atoms with E-state index in [4.69, 9.17) is 4.52 Å². The minimum Gasteiger partial charge on any atom is -0.359 e. The van der Waals surface area contributed by atoms with Gasteiger partial charge in [-0.15, -0.1) is 0 Å². The number of nitrogens with zero attached hydrogens (tertiary/aromatic N) is 3. The average molecular weight is 300 g/mol. The molecule has 1 aliphatic rings. The van der Waals surface area contributed by atoms with Gasteiger partial charge in [-0.05, 0) is 24.9 Å². The number of hydrogen-bond donors (Lipinski definition) is 1. The number of nitrogens with one attached hydrogen (secondary N) is 1. The van der Waals surface area contributed by atoms with E-state index < -0.39 is 0 Å². The Balaban J connectivity index is 1.69. The van der Waals surface area contributed by atoms with Gasteiger partial charge < -0.3 is 9.84 Å². The van der Waals surface area contributed by atoms with Crippen LogP contribution >= 0.6 is 0 Å². The summed E-state index contributed by atoms with van der Waals surface area (Å²) in [4.78, 5) is 18.1. The molecule has 1 aliphatic heterocycles. The first-order valence-electron chi connectivity index (χ1n) is 7.57. The van der Waals surface area contributed by atoms with Crippen molar-refractivity contribution in [2.24, 2.45) is 0 Å². The van der Waals surface area contributed by atoms with Crippen LogP contribution in [-0.2, 0) is 17.8 Å². The van der Waals surface area contributed by atoms with Gasteiger partial charge in [-0.2, -0.15) is 4.98 Å². The normalized spacial score (nSPS) is 18.5. The summed E-state index contributed by atoms with van der Waals surface area (Å²) in [6.45, 7) is 1.89. The molecule has 1 atom stereocenters. The maximum Gasteiger partial charge on any atom is 0.244 e. The summed E-state index contributed by atoms with van der Waals surface area (Å²) < 4.78 is 5.38. The average Bonchev–Trinajstić information content (AvgIpc) is 3.17. The first-order valence-corrected chi connectivity index (χ1v) is 7.57. The highest BCUT2D eigenvalue weighted by atomic mass is 16.5. The number of benzene rings is 1. The van der Waals surface area contributed by atoms with E-state index in [9.17, 15) is 4.79 Å². The second kappa shape index (κ2) is 6.70. The minimum atomic E-state index is -0.111. The van der Waals surface area contributed by atoms with Crippen LogP contribution in [0.2, 0.25) is 0 Å². The molecule has 0 bridgehead atoms. The maximum absolute atomic E-state index is 11.4. The lowest BCUT2D eigenvalue weighted by Gasteiger charge is -2.21. The van der Waals surface area contributed by atoms with Crippen molar-refractivity contribution in [1.29, 1.82) is 0 Å². The van der Waals surface area contributed by atoms with E-state index in [1.165, 1.54) is 5.56 Å². The van der Waals surface area contributed by atoms with E-state index in [1.807, 2.05) is 6.07 Å². The third-order valence-electron chi connectivity index (χ3n) is 3.96. The predicted molar refractivity (Wildman–Crippen MR) is 80.9 cm³/mol. The molecule has 1 fully saturated rings. The molecule has 22 heavy (non-hydrogen) atoms. The molecule has 1 unspecified atom stereocenters. The Kier molecular flexibility index (Phi) is 4.48. The Morgan fingerprint density at radius 2 is 2.23 bits per heavy atom. The van der Waals surface area contributed by atoms with Gasteiger partial charge >= 0.3 is 0 Å². The van der Waals surface area contributed by atoms with Gasteiger partial charge in [0, 0.05) is 13.6 Å². The van der Waals surface area contributed by atoms with Crippen molar-refractivity contribution in [3.63, 3.8) is 0 Å². The lowest BCUT2D eigenvalue weighted by molar-refractivity contribution is -0.120.